The standard InChI is InChI=1S/C14H19N7O4/c1-5-19-13(14(23)18(3)4)10(6-15-19)17-12(22)8-20-9(2)11(7-16-20)21(24)25/h6-7H,5,8H2,1-4H3,(H,17,22). The van der Waals surface area contributed by atoms with Gasteiger partial charge in [0, 0.05) is 20.6 Å². The maximum absolute atomic E-state index is 12.3. The van der Waals surface area contributed by atoms with E-state index in [4.69, 9.17) is 0 Å². The average Bonchev–Trinajstić information content (AvgIpc) is 3.10. The molecule has 0 aliphatic heterocycles. The summed E-state index contributed by atoms with van der Waals surface area (Å²) in [6, 6.07) is 0. The molecule has 2 heterocycles. The lowest BCUT2D eigenvalue weighted by atomic mass is 10.3. The number of anilines is 1. The summed E-state index contributed by atoms with van der Waals surface area (Å²) in [4.78, 5) is 36.2. The summed E-state index contributed by atoms with van der Waals surface area (Å²) in [6.45, 7) is 3.59. The van der Waals surface area contributed by atoms with Gasteiger partial charge in [0.15, 0.2) is 0 Å². The molecule has 0 bridgehead atoms. The Labute approximate surface area is 143 Å². The number of rotatable bonds is 6. The molecule has 2 rings (SSSR count). The number of hydrogen-bond acceptors (Lipinski definition) is 6. The Morgan fingerprint density at radius 2 is 1.92 bits per heavy atom. The third-order valence-corrected chi connectivity index (χ3v) is 3.59. The van der Waals surface area contributed by atoms with Gasteiger partial charge >= 0.3 is 5.69 Å². The van der Waals surface area contributed by atoms with E-state index < -0.39 is 10.8 Å². The summed E-state index contributed by atoms with van der Waals surface area (Å²) in [5.41, 5.74) is 0.665. The minimum Gasteiger partial charge on any atom is -0.343 e. The Balaban J connectivity index is 2.20. The van der Waals surface area contributed by atoms with E-state index in [1.807, 2.05) is 6.92 Å². The van der Waals surface area contributed by atoms with Gasteiger partial charge < -0.3 is 10.2 Å². The second-order valence-electron chi connectivity index (χ2n) is 5.50. The number of carbonyl (C=O) groups is 2. The first-order chi connectivity index (χ1) is 11.8. The molecule has 0 aliphatic rings. The summed E-state index contributed by atoms with van der Waals surface area (Å²) < 4.78 is 2.72. The number of nitrogens with zero attached hydrogens (tertiary/aromatic N) is 6. The van der Waals surface area contributed by atoms with Crippen LogP contribution < -0.4 is 5.32 Å². The molecule has 0 fully saturated rings. The van der Waals surface area contributed by atoms with Gasteiger partial charge in [-0.2, -0.15) is 10.2 Å². The molecule has 0 spiro atoms. The molecular weight excluding hydrogens is 330 g/mol. The van der Waals surface area contributed by atoms with Crippen LogP contribution in [0.15, 0.2) is 12.4 Å². The van der Waals surface area contributed by atoms with E-state index in [1.165, 1.54) is 27.4 Å². The van der Waals surface area contributed by atoms with Gasteiger partial charge in [-0.15, -0.1) is 0 Å². The molecule has 0 saturated carbocycles. The maximum Gasteiger partial charge on any atom is 0.309 e. The molecule has 0 unspecified atom stereocenters. The monoisotopic (exact) mass is 349 g/mol. The number of nitrogens with one attached hydrogen (secondary N) is 1. The summed E-state index contributed by atoms with van der Waals surface area (Å²) >= 11 is 0. The maximum atomic E-state index is 12.3. The van der Waals surface area contributed by atoms with Crippen LogP contribution in [0.3, 0.4) is 0 Å². The van der Waals surface area contributed by atoms with Crippen molar-refractivity contribution < 1.29 is 14.5 Å². The first-order valence-electron chi connectivity index (χ1n) is 7.50. The molecule has 25 heavy (non-hydrogen) atoms. The van der Waals surface area contributed by atoms with Crippen molar-refractivity contribution in [3.05, 3.63) is 33.9 Å². The van der Waals surface area contributed by atoms with Gasteiger partial charge in [0.05, 0.1) is 16.8 Å². The van der Waals surface area contributed by atoms with Crippen LogP contribution in [0, 0.1) is 17.0 Å². The third-order valence-electron chi connectivity index (χ3n) is 3.59. The number of nitro groups is 1. The number of aryl methyl sites for hydroxylation is 1. The molecular formula is C14H19N7O4. The zero-order valence-corrected chi connectivity index (χ0v) is 14.4. The topological polar surface area (TPSA) is 128 Å². The highest BCUT2D eigenvalue weighted by Gasteiger charge is 2.22. The smallest absolute Gasteiger partial charge is 0.309 e. The molecule has 134 valence electrons. The molecule has 2 aromatic heterocycles. The quantitative estimate of drug-likeness (QED) is 0.602. The normalized spacial score (nSPS) is 10.6. The van der Waals surface area contributed by atoms with Crippen LogP contribution in [0.1, 0.15) is 23.1 Å². The summed E-state index contributed by atoms with van der Waals surface area (Å²) in [6.07, 6.45) is 2.50. The Hall–Kier alpha value is -3.24. The van der Waals surface area contributed by atoms with E-state index in [0.717, 1.165) is 6.20 Å². The number of hydrogen-bond donors (Lipinski definition) is 1. The lowest BCUT2D eigenvalue weighted by Gasteiger charge is -2.13. The van der Waals surface area contributed by atoms with Crippen LogP contribution in [0.5, 0.6) is 0 Å². The Morgan fingerprint density at radius 3 is 2.44 bits per heavy atom. The van der Waals surface area contributed by atoms with Crippen molar-refractivity contribution in [1.29, 1.82) is 0 Å². The third kappa shape index (κ3) is 3.65. The highest BCUT2D eigenvalue weighted by Crippen LogP contribution is 2.18. The highest BCUT2D eigenvalue weighted by atomic mass is 16.6. The summed E-state index contributed by atoms with van der Waals surface area (Å²) in [5.74, 6) is -0.759. The van der Waals surface area contributed by atoms with Gasteiger partial charge in [-0.3, -0.25) is 29.1 Å². The molecule has 1 N–H and O–H groups in total. The Bertz CT molecular complexity index is 821. The largest absolute Gasteiger partial charge is 0.343 e. The zero-order chi connectivity index (χ0) is 18.7. The Kier molecular flexibility index (Phi) is 5.15. The predicted molar refractivity (Wildman–Crippen MR) is 88.2 cm³/mol. The van der Waals surface area contributed by atoms with Crippen LogP contribution in [-0.2, 0) is 17.9 Å². The van der Waals surface area contributed by atoms with E-state index >= 15 is 0 Å². The average molecular weight is 349 g/mol. The summed E-state index contributed by atoms with van der Waals surface area (Å²) in [5, 5.41) is 21.4. The zero-order valence-electron chi connectivity index (χ0n) is 14.4. The van der Waals surface area contributed by atoms with Crippen molar-refractivity contribution in [3.8, 4) is 0 Å². The van der Waals surface area contributed by atoms with Gasteiger partial charge in [0.2, 0.25) is 5.91 Å². The fourth-order valence-electron chi connectivity index (χ4n) is 2.26. The van der Waals surface area contributed by atoms with Gasteiger partial charge in [-0.1, -0.05) is 0 Å². The van der Waals surface area contributed by atoms with E-state index in [-0.39, 0.29) is 35.2 Å². The molecule has 11 nitrogen and oxygen atoms in total. The number of carbonyl (C=O) groups excluding carboxylic acids is 2. The predicted octanol–water partition coefficient (Wildman–Crippen LogP) is 0.657. The molecule has 0 saturated heterocycles. The molecule has 11 heteroatoms. The molecule has 2 amide bonds. The fraction of sp³-hybridized carbons (Fsp3) is 0.429. The summed E-state index contributed by atoms with van der Waals surface area (Å²) in [7, 11) is 3.21. The molecule has 0 radical (unpaired) electrons. The lowest BCUT2D eigenvalue weighted by Crippen LogP contribution is -2.27. The first-order valence-corrected chi connectivity index (χ1v) is 7.50. The van der Waals surface area contributed by atoms with E-state index in [0.29, 0.717) is 6.54 Å². The van der Waals surface area contributed by atoms with Crippen molar-refractivity contribution in [2.45, 2.75) is 26.9 Å². The van der Waals surface area contributed by atoms with Crippen LogP contribution in [-0.4, -0.2) is 55.3 Å². The van der Waals surface area contributed by atoms with Crippen LogP contribution in [0.4, 0.5) is 11.4 Å². The second kappa shape index (κ2) is 7.11. The molecule has 0 aliphatic carbocycles. The SMILES string of the molecule is CCn1ncc(NC(=O)Cn2ncc([N+](=O)[O-])c2C)c1C(=O)N(C)C. The Morgan fingerprint density at radius 1 is 1.28 bits per heavy atom. The minimum absolute atomic E-state index is 0.157. The second-order valence-corrected chi connectivity index (χ2v) is 5.50. The number of aromatic nitrogens is 4. The highest BCUT2D eigenvalue weighted by molar-refractivity contribution is 6.02. The van der Waals surface area contributed by atoms with Crippen molar-refractivity contribution in [2.75, 3.05) is 19.4 Å². The van der Waals surface area contributed by atoms with E-state index in [9.17, 15) is 19.7 Å². The van der Waals surface area contributed by atoms with Crippen molar-refractivity contribution >= 4 is 23.2 Å². The van der Waals surface area contributed by atoms with Gasteiger partial charge in [0.1, 0.15) is 24.1 Å². The minimum atomic E-state index is -0.560. The van der Waals surface area contributed by atoms with Gasteiger partial charge in [-0.05, 0) is 13.8 Å². The number of amides is 2. The first kappa shape index (κ1) is 18.1. The van der Waals surface area contributed by atoms with Crippen molar-refractivity contribution in [1.82, 2.24) is 24.5 Å². The van der Waals surface area contributed by atoms with Crippen LogP contribution in [0.25, 0.3) is 0 Å². The van der Waals surface area contributed by atoms with Crippen molar-refractivity contribution in [2.24, 2.45) is 0 Å². The van der Waals surface area contributed by atoms with Gasteiger partial charge in [-0.25, -0.2) is 0 Å². The van der Waals surface area contributed by atoms with Crippen LogP contribution >= 0.6 is 0 Å². The van der Waals surface area contributed by atoms with Crippen molar-refractivity contribution in [3.63, 3.8) is 0 Å². The lowest BCUT2D eigenvalue weighted by molar-refractivity contribution is -0.385. The molecule has 2 aromatic rings. The fourth-order valence-corrected chi connectivity index (χ4v) is 2.26. The van der Waals surface area contributed by atoms with E-state index in [2.05, 4.69) is 15.5 Å². The van der Waals surface area contributed by atoms with E-state index in [1.54, 1.807) is 14.1 Å². The van der Waals surface area contributed by atoms with Gasteiger partial charge in [0.25, 0.3) is 5.91 Å². The van der Waals surface area contributed by atoms with Crippen LogP contribution in [0.2, 0.25) is 0 Å². The molecule has 0 atom stereocenters. The molecule has 0 aromatic carbocycles.